The molecule has 0 aliphatic heterocycles. The highest BCUT2D eigenvalue weighted by atomic mass is 32.1. The fourth-order valence-electron chi connectivity index (χ4n) is 3.91. The summed E-state index contributed by atoms with van der Waals surface area (Å²) in [4.78, 5) is 27.5. The van der Waals surface area contributed by atoms with Crippen LogP contribution in [0.3, 0.4) is 0 Å². The summed E-state index contributed by atoms with van der Waals surface area (Å²) in [5.41, 5.74) is 1.89. The van der Waals surface area contributed by atoms with Crippen molar-refractivity contribution in [1.82, 2.24) is 15.1 Å². The molecule has 0 aliphatic carbocycles. The van der Waals surface area contributed by atoms with Crippen molar-refractivity contribution in [2.75, 3.05) is 39.7 Å². The van der Waals surface area contributed by atoms with Crippen LogP contribution in [0.2, 0.25) is 0 Å². The SMILES string of the molecule is CCCCCC(=O)N(CCC(=O)Nc1nnc(-c2cccc(OC)c2)s1)CCc1ccc(OC)c(OC)c1. The molecule has 1 N–H and O–H groups in total. The second-order valence-electron chi connectivity index (χ2n) is 8.72. The molecule has 0 spiro atoms. The highest BCUT2D eigenvalue weighted by Gasteiger charge is 2.17. The Bertz CT molecular complexity index is 1200. The van der Waals surface area contributed by atoms with Crippen molar-refractivity contribution in [3.8, 4) is 27.8 Å². The van der Waals surface area contributed by atoms with Crippen LogP contribution in [0.4, 0.5) is 5.13 Å². The summed E-state index contributed by atoms with van der Waals surface area (Å²) in [5.74, 6) is 1.88. The predicted octanol–water partition coefficient (Wildman–Crippen LogP) is 5.21. The lowest BCUT2D eigenvalue weighted by atomic mass is 10.1. The van der Waals surface area contributed by atoms with E-state index in [0.717, 1.165) is 36.1 Å². The molecule has 0 atom stereocenters. The lowest BCUT2D eigenvalue weighted by Crippen LogP contribution is -2.35. The molecule has 1 aromatic heterocycles. The molecule has 9 nitrogen and oxygen atoms in total. The molecule has 3 aromatic rings. The van der Waals surface area contributed by atoms with Gasteiger partial charge in [0.05, 0.1) is 21.3 Å². The summed E-state index contributed by atoms with van der Waals surface area (Å²) in [6.45, 7) is 2.94. The topological polar surface area (TPSA) is 103 Å². The number of anilines is 1. The van der Waals surface area contributed by atoms with Gasteiger partial charge in [0, 0.05) is 31.5 Å². The molecule has 0 bridgehead atoms. The van der Waals surface area contributed by atoms with E-state index in [-0.39, 0.29) is 18.2 Å². The monoisotopic (exact) mass is 540 g/mol. The van der Waals surface area contributed by atoms with Crippen LogP contribution in [0.15, 0.2) is 42.5 Å². The number of nitrogens with zero attached hydrogens (tertiary/aromatic N) is 3. The normalized spacial score (nSPS) is 10.6. The molecule has 2 aromatic carbocycles. The van der Waals surface area contributed by atoms with Crippen LogP contribution in [-0.4, -0.2) is 61.3 Å². The quantitative estimate of drug-likeness (QED) is 0.264. The molecule has 0 unspecified atom stereocenters. The average molecular weight is 541 g/mol. The number of hydrogen-bond acceptors (Lipinski definition) is 8. The van der Waals surface area contributed by atoms with Gasteiger partial charge in [-0.15, -0.1) is 10.2 Å². The molecule has 3 rings (SSSR count). The summed E-state index contributed by atoms with van der Waals surface area (Å²) < 4.78 is 16.0. The van der Waals surface area contributed by atoms with Gasteiger partial charge in [-0.05, 0) is 42.7 Å². The van der Waals surface area contributed by atoms with Crippen LogP contribution in [0.25, 0.3) is 10.6 Å². The Kier molecular flexibility index (Phi) is 11.4. The van der Waals surface area contributed by atoms with Crippen LogP contribution in [0, 0.1) is 0 Å². The van der Waals surface area contributed by atoms with Crippen LogP contribution < -0.4 is 19.5 Å². The summed E-state index contributed by atoms with van der Waals surface area (Å²) in [6.07, 6.45) is 4.17. The number of carbonyl (C=O) groups excluding carboxylic acids is 2. The maximum Gasteiger partial charge on any atom is 0.227 e. The van der Waals surface area contributed by atoms with E-state index in [2.05, 4.69) is 22.4 Å². The lowest BCUT2D eigenvalue weighted by molar-refractivity contribution is -0.131. The van der Waals surface area contributed by atoms with Crippen molar-refractivity contribution in [2.24, 2.45) is 0 Å². The van der Waals surface area contributed by atoms with Crippen molar-refractivity contribution in [2.45, 2.75) is 45.4 Å². The van der Waals surface area contributed by atoms with E-state index in [0.29, 0.717) is 47.6 Å². The van der Waals surface area contributed by atoms with Gasteiger partial charge in [0.25, 0.3) is 0 Å². The third kappa shape index (κ3) is 8.44. The standard InChI is InChI=1S/C28H36N4O5S/c1-5-6-7-11-26(34)32(16-14-20-12-13-23(36-3)24(18-20)37-4)17-15-25(33)29-28-31-30-27(38-28)21-9-8-10-22(19-21)35-2/h8-10,12-13,18-19H,5-7,11,14-17H2,1-4H3,(H,29,31,33). The molecular formula is C28H36N4O5S. The predicted molar refractivity (Wildman–Crippen MR) is 149 cm³/mol. The van der Waals surface area contributed by atoms with Crippen molar-refractivity contribution in [1.29, 1.82) is 0 Å². The zero-order valence-corrected chi connectivity index (χ0v) is 23.3. The van der Waals surface area contributed by atoms with Gasteiger partial charge in [-0.3, -0.25) is 9.59 Å². The number of hydrogen-bond donors (Lipinski definition) is 1. The van der Waals surface area contributed by atoms with Gasteiger partial charge < -0.3 is 24.4 Å². The minimum Gasteiger partial charge on any atom is -0.497 e. The number of amides is 2. The van der Waals surface area contributed by atoms with Crippen molar-refractivity contribution >= 4 is 28.3 Å². The van der Waals surface area contributed by atoms with E-state index in [9.17, 15) is 9.59 Å². The van der Waals surface area contributed by atoms with Gasteiger partial charge in [-0.2, -0.15) is 0 Å². The van der Waals surface area contributed by atoms with Crippen molar-refractivity contribution in [3.63, 3.8) is 0 Å². The first-order valence-corrected chi connectivity index (χ1v) is 13.6. The number of benzene rings is 2. The van der Waals surface area contributed by atoms with Gasteiger partial charge in [0.15, 0.2) is 11.5 Å². The van der Waals surface area contributed by atoms with Gasteiger partial charge in [-0.1, -0.05) is 49.3 Å². The van der Waals surface area contributed by atoms with Crippen molar-refractivity contribution < 1.29 is 23.8 Å². The lowest BCUT2D eigenvalue weighted by Gasteiger charge is -2.23. The Hall–Kier alpha value is -3.66. The first-order chi connectivity index (χ1) is 18.5. The number of nitrogens with one attached hydrogen (secondary N) is 1. The average Bonchev–Trinajstić information content (AvgIpc) is 3.41. The number of ether oxygens (including phenoxy) is 3. The van der Waals surface area contributed by atoms with Crippen molar-refractivity contribution in [3.05, 3.63) is 48.0 Å². The van der Waals surface area contributed by atoms with E-state index < -0.39 is 0 Å². The van der Waals surface area contributed by atoms with E-state index in [4.69, 9.17) is 14.2 Å². The van der Waals surface area contributed by atoms with Gasteiger partial charge >= 0.3 is 0 Å². The first-order valence-electron chi connectivity index (χ1n) is 12.7. The smallest absolute Gasteiger partial charge is 0.227 e. The fraction of sp³-hybridized carbons (Fsp3) is 0.429. The molecule has 0 fully saturated rings. The molecule has 0 saturated heterocycles. The third-order valence-corrected chi connectivity index (χ3v) is 6.95. The molecule has 0 saturated carbocycles. The second-order valence-corrected chi connectivity index (χ2v) is 9.70. The zero-order chi connectivity index (χ0) is 27.3. The highest BCUT2D eigenvalue weighted by Crippen LogP contribution is 2.29. The minimum absolute atomic E-state index is 0.0583. The van der Waals surface area contributed by atoms with Gasteiger partial charge in [0.1, 0.15) is 10.8 Å². The van der Waals surface area contributed by atoms with E-state index >= 15 is 0 Å². The Morgan fingerprint density at radius 2 is 1.74 bits per heavy atom. The molecule has 2 amide bonds. The minimum atomic E-state index is -0.212. The number of aromatic nitrogens is 2. The maximum atomic E-state index is 13.0. The number of methoxy groups -OCH3 is 3. The van der Waals surface area contributed by atoms with Crippen LogP contribution in [0.1, 0.15) is 44.6 Å². The number of rotatable bonds is 15. The second kappa shape index (κ2) is 14.9. The molecule has 0 radical (unpaired) electrons. The molecule has 1 heterocycles. The summed E-state index contributed by atoms with van der Waals surface area (Å²) in [5, 5.41) is 12.2. The van der Waals surface area contributed by atoms with E-state index in [1.165, 1.54) is 11.3 Å². The molecular weight excluding hydrogens is 504 g/mol. The van der Waals surface area contributed by atoms with Crippen LogP contribution in [0.5, 0.6) is 17.2 Å². The summed E-state index contributed by atoms with van der Waals surface area (Å²) in [7, 11) is 4.80. The third-order valence-electron chi connectivity index (χ3n) is 6.06. The first kappa shape index (κ1) is 28.9. The van der Waals surface area contributed by atoms with Crippen LogP contribution in [-0.2, 0) is 16.0 Å². The summed E-state index contributed by atoms with van der Waals surface area (Å²) >= 11 is 1.29. The largest absolute Gasteiger partial charge is 0.497 e. The number of carbonyl (C=O) groups is 2. The highest BCUT2D eigenvalue weighted by molar-refractivity contribution is 7.18. The van der Waals surface area contributed by atoms with E-state index in [1.54, 1.807) is 26.2 Å². The Morgan fingerprint density at radius 1 is 0.921 bits per heavy atom. The molecule has 38 heavy (non-hydrogen) atoms. The number of unbranched alkanes of at least 4 members (excludes halogenated alkanes) is 2. The van der Waals surface area contributed by atoms with E-state index in [1.807, 2.05) is 42.5 Å². The van der Waals surface area contributed by atoms with Crippen LogP contribution >= 0.6 is 11.3 Å². The molecule has 0 aliphatic rings. The van der Waals surface area contributed by atoms with Gasteiger partial charge in [-0.25, -0.2) is 0 Å². The summed E-state index contributed by atoms with van der Waals surface area (Å²) in [6, 6.07) is 13.2. The maximum absolute atomic E-state index is 13.0. The zero-order valence-electron chi connectivity index (χ0n) is 22.5. The molecule has 10 heteroatoms. The fourth-order valence-corrected chi connectivity index (χ4v) is 4.67. The molecule has 204 valence electrons. The Labute approximate surface area is 228 Å². The Morgan fingerprint density at radius 3 is 2.47 bits per heavy atom. The van der Waals surface area contributed by atoms with Gasteiger partial charge in [0.2, 0.25) is 16.9 Å². The Balaban J connectivity index is 1.59.